The Balaban J connectivity index is 1.70. The van der Waals surface area contributed by atoms with E-state index in [1.807, 2.05) is 4.68 Å². The SMILES string of the molecule is CC(C)CCNC(=O)CSc1nnnn1C1CC1. The first kappa shape index (κ1) is 13.3. The van der Waals surface area contributed by atoms with Crippen LogP contribution in [0.15, 0.2) is 5.16 Å². The number of nitrogens with one attached hydrogen (secondary N) is 1. The van der Waals surface area contributed by atoms with Gasteiger partial charge in [0.1, 0.15) is 0 Å². The fraction of sp³-hybridized carbons (Fsp3) is 0.818. The van der Waals surface area contributed by atoms with Crippen LogP contribution >= 0.6 is 11.8 Å². The molecule has 0 unspecified atom stereocenters. The van der Waals surface area contributed by atoms with Crippen LogP contribution < -0.4 is 5.32 Å². The van der Waals surface area contributed by atoms with E-state index < -0.39 is 0 Å². The number of hydrogen-bond acceptors (Lipinski definition) is 5. The zero-order valence-corrected chi connectivity index (χ0v) is 11.6. The third-order valence-corrected chi connectivity index (χ3v) is 3.67. The molecule has 1 saturated carbocycles. The molecule has 0 atom stereocenters. The summed E-state index contributed by atoms with van der Waals surface area (Å²) in [5.74, 6) is 1.04. The van der Waals surface area contributed by atoms with Crippen LogP contribution in [0.25, 0.3) is 0 Å². The molecule has 1 aromatic rings. The van der Waals surface area contributed by atoms with E-state index in [9.17, 15) is 4.79 Å². The maximum absolute atomic E-state index is 11.6. The van der Waals surface area contributed by atoms with Crippen LogP contribution in [-0.2, 0) is 4.79 Å². The molecule has 0 radical (unpaired) electrons. The molecule has 0 aliphatic heterocycles. The smallest absolute Gasteiger partial charge is 0.230 e. The van der Waals surface area contributed by atoms with Crippen LogP contribution in [0.1, 0.15) is 39.2 Å². The largest absolute Gasteiger partial charge is 0.355 e. The van der Waals surface area contributed by atoms with Gasteiger partial charge in [-0.3, -0.25) is 4.79 Å². The third kappa shape index (κ3) is 3.97. The Morgan fingerprint density at radius 2 is 2.33 bits per heavy atom. The maximum Gasteiger partial charge on any atom is 0.230 e. The lowest BCUT2D eigenvalue weighted by molar-refractivity contribution is -0.118. The van der Waals surface area contributed by atoms with Crippen LogP contribution in [0.3, 0.4) is 0 Å². The maximum atomic E-state index is 11.6. The van der Waals surface area contributed by atoms with Gasteiger partial charge in [0.25, 0.3) is 0 Å². The molecule has 0 saturated heterocycles. The summed E-state index contributed by atoms with van der Waals surface area (Å²) in [7, 11) is 0. The first-order chi connectivity index (χ1) is 8.66. The number of nitrogens with zero attached hydrogens (tertiary/aromatic N) is 4. The average molecular weight is 269 g/mol. The first-order valence-electron chi connectivity index (χ1n) is 6.34. The Morgan fingerprint density at radius 3 is 3.00 bits per heavy atom. The summed E-state index contributed by atoms with van der Waals surface area (Å²) < 4.78 is 1.83. The number of carbonyl (C=O) groups excluding carboxylic acids is 1. The van der Waals surface area contributed by atoms with Crippen molar-refractivity contribution >= 4 is 17.7 Å². The van der Waals surface area contributed by atoms with Crippen molar-refractivity contribution in [1.82, 2.24) is 25.5 Å². The quantitative estimate of drug-likeness (QED) is 0.754. The van der Waals surface area contributed by atoms with E-state index in [4.69, 9.17) is 0 Å². The van der Waals surface area contributed by atoms with Gasteiger partial charge in [-0.05, 0) is 35.6 Å². The summed E-state index contributed by atoms with van der Waals surface area (Å²) in [6, 6.07) is 0.450. The predicted molar refractivity (Wildman–Crippen MR) is 69.3 cm³/mol. The van der Waals surface area contributed by atoms with E-state index in [2.05, 4.69) is 34.7 Å². The number of thioether (sulfide) groups is 1. The van der Waals surface area contributed by atoms with Crippen molar-refractivity contribution in [2.45, 2.75) is 44.3 Å². The number of amides is 1. The second-order valence-electron chi connectivity index (χ2n) is 4.96. The molecule has 18 heavy (non-hydrogen) atoms. The van der Waals surface area contributed by atoms with Crippen molar-refractivity contribution < 1.29 is 4.79 Å². The fourth-order valence-electron chi connectivity index (χ4n) is 1.51. The van der Waals surface area contributed by atoms with Crippen molar-refractivity contribution in [3.05, 3.63) is 0 Å². The molecule has 1 aliphatic carbocycles. The Morgan fingerprint density at radius 1 is 1.56 bits per heavy atom. The predicted octanol–water partition coefficient (Wildman–Crippen LogP) is 1.26. The van der Waals surface area contributed by atoms with Gasteiger partial charge in [0.05, 0.1) is 11.8 Å². The Labute approximate surface area is 111 Å². The fourth-order valence-corrected chi connectivity index (χ4v) is 2.28. The summed E-state index contributed by atoms with van der Waals surface area (Å²) in [6.07, 6.45) is 3.29. The third-order valence-electron chi connectivity index (χ3n) is 2.73. The second-order valence-corrected chi connectivity index (χ2v) is 5.90. The summed E-state index contributed by atoms with van der Waals surface area (Å²) in [4.78, 5) is 11.6. The lowest BCUT2D eigenvalue weighted by atomic mass is 10.1. The molecule has 1 N–H and O–H groups in total. The van der Waals surface area contributed by atoms with Crippen molar-refractivity contribution in [3.8, 4) is 0 Å². The Bertz CT molecular complexity index is 402. The zero-order chi connectivity index (χ0) is 13.0. The van der Waals surface area contributed by atoms with Gasteiger partial charge >= 0.3 is 0 Å². The number of carbonyl (C=O) groups is 1. The molecular weight excluding hydrogens is 250 g/mol. The lowest BCUT2D eigenvalue weighted by Crippen LogP contribution is -2.27. The van der Waals surface area contributed by atoms with E-state index in [-0.39, 0.29) is 5.91 Å². The van der Waals surface area contributed by atoms with Crippen LogP contribution in [0, 0.1) is 5.92 Å². The van der Waals surface area contributed by atoms with Crippen LogP contribution in [0.5, 0.6) is 0 Å². The summed E-state index contributed by atoms with van der Waals surface area (Å²) >= 11 is 1.40. The summed E-state index contributed by atoms with van der Waals surface area (Å²) in [5.41, 5.74) is 0. The highest BCUT2D eigenvalue weighted by atomic mass is 32.2. The van der Waals surface area contributed by atoms with Gasteiger partial charge in [-0.2, -0.15) is 0 Å². The van der Waals surface area contributed by atoms with Gasteiger partial charge < -0.3 is 5.32 Å². The lowest BCUT2D eigenvalue weighted by Gasteiger charge is -2.06. The molecule has 1 heterocycles. The summed E-state index contributed by atoms with van der Waals surface area (Å²) in [5, 5.41) is 15.2. The van der Waals surface area contributed by atoms with Gasteiger partial charge in [0.15, 0.2) is 0 Å². The highest BCUT2D eigenvalue weighted by Crippen LogP contribution is 2.36. The van der Waals surface area contributed by atoms with E-state index in [1.165, 1.54) is 11.8 Å². The molecule has 6 nitrogen and oxygen atoms in total. The number of tetrazole rings is 1. The number of rotatable bonds is 7. The highest BCUT2D eigenvalue weighted by molar-refractivity contribution is 7.99. The minimum atomic E-state index is 0.0472. The molecular formula is C11H19N5OS. The monoisotopic (exact) mass is 269 g/mol. The number of hydrogen-bond donors (Lipinski definition) is 1. The normalized spacial score (nSPS) is 15.1. The Hall–Kier alpha value is -1.11. The summed E-state index contributed by atoms with van der Waals surface area (Å²) in [6.45, 7) is 5.03. The van der Waals surface area contributed by atoms with E-state index in [1.54, 1.807) is 0 Å². The van der Waals surface area contributed by atoms with E-state index >= 15 is 0 Å². The molecule has 2 rings (SSSR count). The van der Waals surface area contributed by atoms with Gasteiger partial charge in [-0.1, -0.05) is 25.6 Å². The van der Waals surface area contributed by atoms with Gasteiger partial charge in [0.2, 0.25) is 11.1 Å². The number of aromatic nitrogens is 4. The van der Waals surface area contributed by atoms with Crippen molar-refractivity contribution in [3.63, 3.8) is 0 Å². The van der Waals surface area contributed by atoms with Crippen molar-refractivity contribution in [1.29, 1.82) is 0 Å². The van der Waals surface area contributed by atoms with Gasteiger partial charge in [-0.15, -0.1) is 5.10 Å². The molecule has 1 fully saturated rings. The minimum Gasteiger partial charge on any atom is -0.355 e. The molecule has 0 bridgehead atoms. The van der Waals surface area contributed by atoms with Crippen LogP contribution in [0.4, 0.5) is 0 Å². The van der Waals surface area contributed by atoms with Crippen molar-refractivity contribution in [2.24, 2.45) is 5.92 Å². The Kier molecular flexibility index (Phi) is 4.57. The molecule has 100 valence electrons. The second kappa shape index (κ2) is 6.17. The zero-order valence-electron chi connectivity index (χ0n) is 10.8. The molecule has 0 aromatic carbocycles. The average Bonchev–Trinajstić information content (AvgIpc) is 3.05. The molecule has 7 heteroatoms. The minimum absolute atomic E-state index is 0.0472. The topological polar surface area (TPSA) is 72.7 Å². The van der Waals surface area contributed by atoms with Crippen molar-refractivity contribution in [2.75, 3.05) is 12.3 Å². The van der Waals surface area contributed by atoms with Crippen LogP contribution in [-0.4, -0.2) is 38.4 Å². The highest BCUT2D eigenvalue weighted by Gasteiger charge is 2.28. The molecule has 0 spiro atoms. The molecule has 1 aromatic heterocycles. The first-order valence-corrected chi connectivity index (χ1v) is 7.32. The molecule has 1 amide bonds. The molecule has 1 aliphatic rings. The van der Waals surface area contributed by atoms with E-state index in [0.29, 0.717) is 17.7 Å². The van der Waals surface area contributed by atoms with Gasteiger partial charge in [0, 0.05) is 6.54 Å². The van der Waals surface area contributed by atoms with Gasteiger partial charge in [-0.25, -0.2) is 4.68 Å². The van der Waals surface area contributed by atoms with Crippen LogP contribution in [0.2, 0.25) is 0 Å². The standard InChI is InChI=1S/C11H19N5OS/c1-8(2)5-6-12-10(17)7-18-11-13-14-15-16(11)9-3-4-9/h8-9H,3-7H2,1-2H3,(H,12,17). The van der Waals surface area contributed by atoms with E-state index in [0.717, 1.165) is 31.0 Å².